The molecule has 0 amide bonds. The predicted octanol–water partition coefficient (Wildman–Crippen LogP) is 1.47. The fourth-order valence-electron chi connectivity index (χ4n) is 0.826. The molecule has 1 aromatic carbocycles. The molecule has 0 bridgehead atoms. The molecule has 0 atom stereocenters. The molecule has 2 rings (SSSR count). The van der Waals surface area contributed by atoms with Crippen LogP contribution in [0, 0.1) is 0 Å². The van der Waals surface area contributed by atoms with Crippen molar-refractivity contribution in [1.29, 1.82) is 0 Å². The summed E-state index contributed by atoms with van der Waals surface area (Å²) in [6.45, 7) is 0. The Labute approximate surface area is 75.0 Å². The first-order valence-electron chi connectivity index (χ1n) is 2.83. The van der Waals surface area contributed by atoms with Crippen molar-refractivity contribution in [3.63, 3.8) is 0 Å². The van der Waals surface area contributed by atoms with Crippen LogP contribution >= 0.6 is 11.3 Å². The second kappa shape index (κ2) is 2.47. The minimum atomic E-state index is 1.08. The first-order valence-corrected chi connectivity index (χ1v) is 4.73. The number of para-hydroxylation sites is 1. The zero-order chi connectivity index (χ0) is 6.97. The second-order valence-corrected chi connectivity index (χ2v) is 4.66. The molecule has 0 radical (unpaired) electrons. The van der Waals surface area contributed by atoms with Crippen molar-refractivity contribution in [3.05, 3.63) is 24.3 Å². The van der Waals surface area contributed by atoms with Crippen LogP contribution in [-0.2, 0) is 21.1 Å². The van der Waals surface area contributed by atoms with Crippen LogP contribution < -0.4 is 3.23 Å². The van der Waals surface area contributed by atoms with Gasteiger partial charge in [0.25, 0.3) is 0 Å². The third kappa shape index (κ3) is 1.04. The fraction of sp³-hybridized carbons (Fsp3) is 0. The van der Waals surface area contributed by atoms with E-state index in [9.17, 15) is 0 Å². The van der Waals surface area contributed by atoms with Crippen molar-refractivity contribution < 1.29 is 21.1 Å². The summed E-state index contributed by atoms with van der Waals surface area (Å²) in [7, 11) is 0. The normalized spacial score (nSPS) is 10.6. The number of aromatic nitrogens is 1. The van der Waals surface area contributed by atoms with Crippen molar-refractivity contribution in [2.24, 2.45) is 0 Å². The third-order valence-corrected chi connectivity index (χ3v) is 2.97. The summed E-state index contributed by atoms with van der Waals surface area (Å²) in [6.07, 6.45) is 0. The Morgan fingerprint density at radius 2 is 2.10 bits per heavy atom. The van der Waals surface area contributed by atoms with Crippen molar-refractivity contribution in [2.75, 3.05) is 0 Å². The molecule has 0 saturated heterocycles. The molecule has 1 heterocycles. The molecule has 3 heteroatoms. The topological polar surface area (TPSA) is 12.9 Å². The van der Waals surface area contributed by atoms with E-state index in [2.05, 4.69) is 32.1 Å². The zero-order valence-electron chi connectivity index (χ0n) is 4.97. The summed E-state index contributed by atoms with van der Waals surface area (Å²) in [5, 5.41) is 0. The van der Waals surface area contributed by atoms with Gasteiger partial charge in [-0.05, 0) is 0 Å². The Morgan fingerprint density at radius 3 is 2.90 bits per heavy atom. The van der Waals surface area contributed by atoms with Gasteiger partial charge < -0.3 is 0 Å². The second-order valence-electron chi connectivity index (χ2n) is 1.90. The summed E-state index contributed by atoms with van der Waals surface area (Å²) in [6, 6.07) is 8.16. The molecule has 1 aromatic heterocycles. The summed E-state index contributed by atoms with van der Waals surface area (Å²) >= 11 is 4.13. The molecule has 10 heavy (non-hydrogen) atoms. The van der Waals surface area contributed by atoms with Crippen LogP contribution in [0.5, 0.6) is 0 Å². The van der Waals surface area contributed by atoms with Gasteiger partial charge in [0.1, 0.15) is 0 Å². The monoisotopic (exact) mass is 331 g/mol. The summed E-state index contributed by atoms with van der Waals surface area (Å²) in [5.74, 6) is 0. The van der Waals surface area contributed by atoms with Crippen LogP contribution in [0.2, 0.25) is 0 Å². The van der Waals surface area contributed by atoms with Gasteiger partial charge in [0.2, 0.25) is 0 Å². The molecule has 2 aromatic rings. The fourth-order valence-corrected chi connectivity index (χ4v) is 2.48. The molecule has 0 aliphatic carbocycles. The van der Waals surface area contributed by atoms with Crippen LogP contribution in [0.1, 0.15) is 0 Å². The molecule has 0 saturated carbocycles. The third-order valence-electron chi connectivity index (χ3n) is 1.25. The Bertz CT molecular complexity index is 322. The first-order chi connectivity index (χ1) is 4.86. The van der Waals surface area contributed by atoms with Crippen LogP contribution in [0.15, 0.2) is 24.3 Å². The van der Waals surface area contributed by atoms with Gasteiger partial charge in [0, 0.05) is 0 Å². The van der Waals surface area contributed by atoms with Crippen LogP contribution in [0.25, 0.3) is 10.2 Å². The van der Waals surface area contributed by atoms with E-state index in [1.54, 1.807) is 11.3 Å². The first kappa shape index (κ1) is 6.55. The van der Waals surface area contributed by atoms with E-state index in [1.165, 1.54) is 4.70 Å². The van der Waals surface area contributed by atoms with Gasteiger partial charge in [-0.15, -0.1) is 0 Å². The summed E-state index contributed by atoms with van der Waals surface area (Å²) < 4.78 is 2.35. The van der Waals surface area contributed by atoms with E-state index < -0.39 is 0 Å². The van der Waals surface area contributed by atoms with Gasteiger partial charge >= 0.3 is 75.1 Å². The Balaban J connectivity index is 2.88. The number of hydrogen-bond donors (Lipinski definition) is 0. The molecule has 0 fully saturated rings. The molecular formula is C7H4AuNS. The number of hydrogen-bond acceptors (Lipinski definition) is 2. The van der Waals surface area contributed by atoms with Crippen molar-refractivity contribution >= 4 is 24.8 Å². The average Bonchev–Trinajstić information content (AvgIpc) is 2.27. The van der Waals surface area contributed by atoms with E-state index in [4.69, 9.17) is 0 Å². The van der Waals surface area contributed by atoms with E-state index in [-0.39, 0.29) is 0 Å². The van der Waals surface area contributed by atoms with Gasteiger partial charge in [-0.2, -0.15) is 0 Å². The molecule has 0 unspecified atom stereocenters. The van der Waals surface area contributed by atoms with Crippen LogP contribution in [-0.4, -0.2) is 4.98 Å². The summed E-state index contributed by atoms with van der Waals surface area (Å²) in [4.78, 5) is 4.31. The number of fused-ring (bicyclic) bond motifs is 1. The minimum absolute atomic E-state index is 1.08. The van der Waals surface area contributed by atoms with Crippen molar-refractivity contribution in [1.82, 2.24) is 4.98 Å². The van der Waals surface area contributed by atoms with Gasteiger partial charge in [0.15, 0.2) is 0 Å². The van der Waals surface area contributed by atoms with Gasteiger partial charge in [0.05, 0.1) is 0 Å². The number of rotatable bonds is 0. The predicted molar refractivity (Wildman–Crippen MR) is 39.3 cm³/mol. The number of thiazole rings is 1. The molecule has 0 N–H and O–H groups in total. The van der Waals surface area contributed by atoms with Gasteiger partial charge in [-0.3, -0.25) is 0 Å². The van der Waals surface area contributed by atoms with Crippen molar-refractivity contribution in [2.45, 2.75) is 0 Å². The molecule has 0 spiro atoms. The molecule has 0 aliphatic rings. The maximum absolute atomic E-state index is 4.31. The Hall–Kier alpha value is -0.150. The zero-order valence-corrected chi connectivity index (χ0v) is 7.95. The van der Waals surface area contributed by atoms with E-state index in [1.807, 2.05) is 18.2 Å². The van der Waals surface area contributed by atoms with Crippen molar-refractivity contribution in [3.8, 4) is 0 Å². The number of benzene rings is 1. The van der Waals surface area contributed by atoms with E-state index in [0.717, 1.165) is 8.74 Å². The Morgan fingerprint density at radius 1 is 1.30 bits per heavy atom. The summed E-state index contributed by atoms with van der Waals surface area (Å²) in [5.41, 5.74) is 1.10. The Kier molecular flexibility index (Phi) is 1.62. The van der Waals surface area contributed by atoms with Crippen LogP contribution in [0.3, 0.4) is 0 Å². The SMILES string of the molecule is [Au][c]1nc2ccccc2s1. The molecule has 1 nitrogen and oxygen atoms in total. The quantitative estimate of drug-likeness (QED) is 0.667. The van der Waals surface area contributed by atoms with E-state index in [0.29, 0.717) is 0 Å². The molecular weight excluding hydrogens is 327 g/mol. The number of nitrogens with zero attached hydrogens (tertiary/aromatic N) is 1. The molecule has 54 valence electrons. The van der Waals surface area contributed by atoms with Crippen LogP contribution in [0.4, 0.5) is 0 Å². The molecule has 0 aliphatic heterocycles. The average molecular weight is 331 g/mol. The standard InChI is InChI=1S/C7H4NS.Au/c1-2-4-7-6(3-1)8-5-9-7;/h1-4H;. The maximum atomic E-state index is 4.31. The van der Waals surface area contributed by atoms with Gasteiger partial charge in [-0.1, -0.05) is 0 Å². The van der Waals surface area contributed by atoms with E-state index >= 15 is 0 Å². The van der Waals surface area contributed by atoms with Gasteiger partial charge in [-0.25, -0.2) is 0 Å².